The quantitative estimate of drug-likeness (QED) is 0.696. The second-order valence-corrected chi connectivity index (χ2v) is 7.86. The number of rotatable bonds is 9. The number of hydrogen-bond donors (Lipinski definition) is 1. The summed E-state index contributed by atoms with van der Waals surface area (Å²) in [6.07, 6.45) is 3.04. The fourth-order valence-corrected chi connectivity index (χ4v) is 4.33. The maximum atomic E-state index is 4.33. The molecule has 1 atom stereocenters. The van der Waals surface area contributed by atoms with Crippen LogP contribution in [0.15, 0.2) is 17.1 Å². The Kier molecular flexibility index (Phi) is 7.17. The van der Waals surface area contributed by atoms with Crippen molar-refractivity contribution in [2.45, 2.75) is 25.5 Å². The highest BCUT2D eigenvalue weighted by Gasteiger charge is 2.22. The fourth-order valence-electron chi connectivity index (χ4n) is 2.21. The molecule has 0 aromatic carbocycles. The zero-order valence-electron chi connectivity index (χ0n) is 13.9. The van der Waals surface area contributed by atoms with Gasteiger partial charge in [-0.1, -0.05) is 0 Å². The average molecular weight is 341 g/mol. The van der Waals surface area contributed by atoms with E-state index >= 15 is 0 Å². The lowest BCUT2D eigenvalue weighted by atomic mass is 10.4. The Morgan fingerprint density at radius 1 is 1.41 bits per heavy atom. The molecule has 1 aliphatic heterocycles. The topological polar surface area (TPSA) is 34.1 Å². The molecule has 0 aliphatic carbocycles. The largest absolute Gasteiger partial charge is 0.304 e. The predicted molar refractivity (Wildman–Crippen MR) is 97.2 cm³/mol. The van der Waals surface area contributed by atoms with Gasteiger partial charge < -0.3 is 4.90 Å². The SMILES string of the molecule is CCN1[C]=NC(NCCSCc2ccc(CN(C)C)s2)N1C. The van der Waals surface area contributed by atoms with Gasteiger partial charge in [0.05, 0.1) is 0 Å². The molecule has 2 rings (SSSR count). The van der Waals surface area contributed by atoms with E-state index in [1.807, 2.05) is 35.2 Å². The van der Waals surface area contributed by atoms with Crippen LogP contribution in [-0.4, -0.2) is 67.5 Å². The Labute approximate surface area is 142 Å². The normalized spacial score (nSPS) is 18.8. The van der Waals surface area contributed by atoms with Gasteiger partial charge in [0.1, 0.15) is 0 Å². The molecule has 1 aliphatic rings. The molecule has 1 radical (unpaired) electrons. The predicted octanol–water partition coefficient (Wildman–Crippen LogP) is 2.00. The third-order valence-corrected chi connectivity index (χ3v) is 5.60. The Hall–Kier alpha value is -0.600. The maximum Gasteiger partial charge on any atom is 0.186 e. The summed E-state index contributed by atoms with van der Waals surface area (Å²) >= 11 is 3.89. The molecule has 0 bridgehead atoms. The molecule has 1 N–H and O–H groups in total. The first-order valence-corrected chi connectivity index (χ1v) is 9.56. The molecule has 0 saturated carbocycles. The summed E-state index contributed by atoms with van der Waals surface area (Å²) in [5.41, 5.74) is 0. The van der Waals surface area contributed by atoms with E-state index in [0.29, 0.717) is 0 Å². The number of nitrogens with one attached hydrogen (secondary N) is 1. The summed E-state index contributed by atoms with van der Waals surface area (Å²) in [6, 6.07) is 4.50. The Morgan fingerprint density at radius 2 is 2.18 bits per heavy atom. The molecule has 22 heavy (non-hydrogen) atoms. The minimum atomic E-state index is 0.0361. The van der Waals surface area contributed by atoms with E-state index in [2.05, 4.69) is 59.7 Å². The number of hydrogen-bond acceptors (Lipinski definition) is 7. The van der Waals surface area contributed by atoms with Crippen LogP contribution in [0.2, 0.25) is 0 Å². The van der Waals surface area contributed by atoms with E-state index in [1.165, 1.54) is 9.75 Å². The standard InChI is InChI=1S/C15H26N5S2/c1-5-20-12-17-15(19(20)4)16-8-9-21-11-14-7-6-13(22-14)10-18(2)3/h6-7,15-16H,5,8-11H2,1-4H3. The lowest BCUT2D eigenvalue weighted by Crippen LogP contribution is -2.46. The van der Waals surface area contributed by atoms with Gasteiger partial charge in [-0.15, -0.1) is 11.3 Å². The highest BCUT2D eigenvalue weighted by molar-refractivity contribution is 7.98. The van der Waals surface area contributed by atoms with Crippen molar-refractivity contribution in [1.29, 1.82) is 0 Å². The van der Waals surface area contributed by atoms with Gasteiger partial charge in [-0.05, 0) is 33.2 Å². The monoisotopic (exact) mass is 340 g/mol. The van der Waals surface area contributed by atoms with Crippen LogP contribution in [0.25, 0.3) is 0 Å². The summed E-state index contributed by atoms with van der Waals surface area (Å²) in [7, 11) is 6.26. The Balaban J connectivity index is 1.60. The second-order valence-electron chi connectivity index (χ2n) is 5.50. The molecule has 5 nitrogen and oxygen atoms in total. The summed E-state index contributed by atoms with van der Waals surface area (Å²) in [6.45, 7) is 5.00. The molecule has 1 aromatic rings. The van der Waals surface area contributed by atoms with Gasteiger partial charge in [0.25, 0.3) is 0 Å². The van der Waals surface area contributed by atoms with Gasteiger partial charge in [-0.3, -0.25) is 10.3 Å². The maximum absolute atomic E-state index is 4.33. The smallest absolute Gasteiger partial charge is 0.186 e. The summed E-state index contributed by atoms with van der Waals surface area (Å²) < 4.78 is 0. The molecule has 1 unspecified atom stereocenters. The van der Waals surface area contributed by atoms with E-state index in [4.69, 9.17) is 0 Å². The van der Waals surface area contributed by atoms with Crippen molar-refractivity contribution >= 4 is 29.4 Å². The van der Waals surface area contributed by atoms with Crippen LogP contribution in [0.3, 0.4) is 0 Å². The van der Waals surface area contributed by atoms with E-state index in [1.54, 1.807) is 0 Å². The molecule has 1 aromatic heterocycles. The van der Waals surface area contributed by atoms with Gasteiger partial charge in [0.2, 0.25) is 0 Å². The zero-order chi connectivity index (χ0) is 15.9. The van der Waals surface area contributed by atoms with E-state index < -0.39 is 0 Å². The molecule has 0 amide bonds. The van der Waals surface area contributed by atoms with Crippen molar-refractivity contribution in [3.05, 3.63) is 21.9 Å². The fraction of sp³-hybridized carbons (Fsp3) is 0.667. The number of thiophene rings is 1. The van der Waals surface area contributed by atoms with Gasteiger partial charge in [0, 0.05) is 47.9 Å². The van der Waals surface area contributed by atoms with E-state index in [9.17, 15) is 0 Å². The second kappa shape index (κ2) is 8.88. The van der Waals surface area contributed by atoms with Gasteiger partial charge >= 0.3 is 0 Å². The number of thioether (sulfide) groups is 1. The van der Waals surface area contributed by atoms with Crippen LogP contribution in [0, 0.1) is 0 Å². The van der Waals surface area contributed by atoms with Gasteiger partial charge in [0.15, 0.2) is 12.6 Å². The minimum absolute atomic E-state index is 0.0361. The molecule has 0 fully saturated rings. The summed E-state index contributed by atoms with van der Waals surface area (Å²) in [4.78, 5) is 9.45. The van der Waals surface area contributed by atoms with Crippen LogP contribution in [0.1, 0.15) is 16.7 Å². The van der Waals surface area contributed by atoms with Crippen LogP contribution < -0.4 is 5.32 Å². The number of hydrazine groups is 1. The Morgan fingerprint density at radius 3 is 2.86 bits per heavy atom. The lowest BCUT2D eigenvalue weighted by molar-refractivity contribution is 0.0516. The van der Waals surface area contributed by atoms with E-state index in [0.717, 1.165) is 31.1 Å². The van der Waals surface area contributed by atoms with Crippen molar-refractivity contribution in [2.24, 2.45) is 4.99 Å². The molecule has 7 heteroatoms. The first-order chi connectivity index (χ1) is 10.6. The molecule has 2 heterocycles. The highest BCUT2D eigenvalue weighted by Crippen LogP contribution is 2.22. The van der Waals surface area contributed by atoms with Crippen molar-refractivity contribution in [2.75, 3.05) is 40.0 Å². The van der Waals surface area contributed by atoms with Crippen molar-refractivity contribution < 1.29 is 0 Å². The minimum Gasteiger partial charge on any atom is -0.304 e. The first-order valence-electron chi connectivity index (χ1n) is 7.59. The number of nitrogens with zero attached hydrogens (tertiary/aromatic N) is 4. The van der Waals surface area contributed by atoms with Crippen molar-refractivity contribution in [1.82, 2.24) is 20.2 Å². The van der Waals surface area contributed by atoms with Crippen molar-refractivity contribution in [3.63, 3.8) is 0 Å². The third-order valence-electron chi connectivity index (χ3n) is 3.34. The highest BCUT2D eigenvalue weighted by atomic mass is 32.2. The van der Waals surface area contributed by atoms with Gasteiger partial charge in [-0.2, -0.15) is 16.8 Å². The van der Waals surface area contributed by atoms with Crippen LogP contribution in [0.4, 0.5) is 0 Å². The Bertz CT molecular complexity index is 474. The van der Waals surface area contributed by atoms with Gasteiger partial charge in [-0.25, -0.2) is 4.99 Å². The molecule has 123 valence electrons. The first kappa shape index (κ1) is 17.7. The van der Waals surface area contributed by atoms with Crippen LogP contribution in [0.5, 0.6) is 0 Å². The zero-order valence-corrected chi connectivity index (χ0v) is 15.5. The summed E-state index contributed by atoms with van der Waals surface area (Å²) in [5.74, 6) is 2.18. The molecule has 0 spiro atoms. The third kappa shape index (κ3) is 5.24. The molecule has 0 saturated heterocycles. The van der Waals surface area contributed by atoms with Crippen molar-refractivity contribution in [3.8, 4) is 0 Å². The van der Waals surface area contributed by atoms with Crippen LogP contribution in [-0.2, 0) is 12.3 Å². The van der Waals surface area contributed by atoms with Crippen LogP contribution >= 0.6 is 23.1 Å². The lowest BCUT2D eigenvalue weighted by Gasteiger charge is -2.26. The molecular formula is C15H26N5S2. The summed E-state index contributed by atoms with van der Waals surface area (Å²) in [5, 5.41) is 7.51. The number of aliphatic imine (C=N–C) groups is 1. The van der Waals surface area contributed by atoms with E-state index in [-0.39, 0.29) is 6.29 Å². The average Bonchev–Trinajstić information content (AvgIpc) is 3.05. The molecular weight excluding hydrogens is 314 g/mol.